The van der Waals surface area contributed by atoms with Crippen LogP contribution in [0.15, 0.2) is 6.07 Å². The van der Waals surface area contributed by atoms with Crippen molar-refractivity contribution in [2.75, 3.05) is 0 Å². The Labute approximate surface area is 98.7 Å². The largest absolute Gasteiger partial charge is 0.477 e. The smallest absolute Gasteiger partial charge is 0.354 e. The summed E-state index contributed by atoms with van der Waals surface area (Å²) in [6.45, 7) is 2.07. The van der Waals surface area contributed by atoms with Crippen LogP contribution in [0.3, 0.4) is 0 Å². The van der Waals surface area contributed by atoms with Crippen LogP contribution in [-0.4, -0.2) is 21.0 Å². The highest BCUT2D eigenvalue weighted by Gasteiger charge is 2.34. The predicted molar refractivity (Wildman–Crippen MR) is 59.8 cm³/mol. The Balaban J connectivity index is 2.44. The lowest BCUT2D eigenvalue weighted by Crippen LogP contribution is -2.22. The number of aromatic carboxylic acids is 1. The van der Waals surface area contributed by atoms with Crippen molar-refractivity contribution in [2.24, 2.45) is 0 Å². The molecule has 1 aliphatic rings. The summed E-state index contributed by atoms with van der Waals surface area (Å²) < 4.78 is 0. The lowest BCUT2D eigenvalue weighted by molar-refractivity contribution is 0.0689. The van der Waals surface area contributed by atoms with Gasteiger partial charge in [-0.2, -0.15) is 0 Å². The Kier molecular flexibility index (Phi) is 2.84. The van der Waals surface area contributed by atoms with Crippen LogP contribution in [0.2, 0.25) is 5.15 Å². The first-order valence-corrected chi connectivity index (χ1v) is 5.67. The molecule has 1 saturated carbocycles. The molecule has 4 nitrogen and oxygen atoms in total. The zero-order chi connectivity index (χ0) is 11.8. The summed E-state index contributed by atoms with van der Waals surface area (Å²) in [5, 5.41) is 9.12. The first-order chi connectivity index (χ1) is 7.51. The number of aromatic nitrogens is 2. The summed E-state index contributed by atoms with van der Waals surface area (Å²) in [5.41, 5.74) is -0.141. The Morgan fingerprint density at radius 1 is 1.44 bits per heavy atom. The normalized spacial score (nSPS) is 18.6. The average Bonchev–Trinajstić information content (AvgIpc) is 2.65. The third-order valence-corrected chi connectivity index (χ3v) is 3.35. The second-order valence-corrected chi connectivity index (χ2v) is 4.86. The van der Waals surface area contributed by atoms with Crippen molar-refractivity contribution in [1.29, 1.82) is 0 Å². The van der Waals surface area contributed by atoms with Crippen molar-refractivity contribution in [3.63, 3.8) is 0 Å². The van der Waals surface area contributed by atoms with Gasteiger partial charge in [0.15, 0.2) is 5.69 Å². The Hall–Kier alpha value is -1.16. The maximum absolute atomic E-state index is 10.9. The van der Waals surface area contributed by atoms with E-state index in [-0.39, 0.29) is 16.3 Å². The van der Waals surface area contributed by atoms with Crippen molar-refractivity contribution in [3.05, 3.63) is 22.7 Å². The van der Waals surface area contributed by atoms with Crippen LogP contribution in [0.1, 0.15) is 48.9 Å². The maximum Gasteiger partial charge on any atom is 0.354 e. The molecule has 0 bridgehead atoms. The molecule has 0 saturated heterocycles. The van der Waals surface area contributed by atoms with Crippen LogP contribution < -0.4 is 0 Å². The summed E-state index contributed by atoms with van der Waals surface area (Å²) >= 11 is 5.82. The molecule has 86 valence electrons. The molecule has 1 N–H and O–H groups in total. The molecule has 2 rings (SSSR count). The fourth-order valence-corrected chi connectivity index (χ4v) is 2.36. The molecule has 1 aromatic rings. The van der Waals surface area contributed by atoms with Crippen molar-refractivity contribution in [1.82, 2.24) is 9.97 Å². The highest BCUT2D eigenvalue weighted by atomic mass is 35.5. The standard InChI is InChI=1S/C11H13ClN2O2/c1-11(4-2-3-5-11)10-13-7(9(15)16)6-8(12)14-10/h6H,2-5H2,1H3,(H,15,16). The lowest BCUT2D eigenvalue weighted by Gasteiger charge is -2.21. The van der Waals surface area contributed by atoms with Gasteiger partial charge in [-0.25, -0.2) is 14.8 Å². The Bertz CT molecular complexity index is 428. The van der Waals surface area contributed by atoms with Crippen molar-refractivity contribution in [3.8, 4) is 0 Å². The number of nitrogens with zero attached hydrogens (tertiary/aromatic N) is 2. The van der Waals surface area contributed by atoms with E-state index in [1.165, 1.54) is 6.07 Å². The molecule has 1 aromatic heterocycles. The Morgan fingerprint density at radius 2 is 2.06 bits per heavy atom. The molecule has 0 spiro atoms. The third kappa shape index (κ3) is 2.02. The van der Waals surface area contributed by atoms with Gasteiger partial charge in [0, 0.05) is 11.5 Å². The fraction of sp³-hybridized carbons (Fsp3) is 0.545. The molecule has 16 heavy (non-hydrogen) atoms. The molecule has 0 aromatic carbocycles. The van der Waals surface area contributed by atoms with Gasteiger partial charge in [-0.3, -0.25) is 0 Å². The minimum Gasteiger partial charge on any atom is -0.477 e. The lowest BCUT2D eigenvalue weighted by atomic mass is 9.88. The zero-order valence-electron chi connectivity index (χ0n) is 9.03. The first kappa shape index (κ1) is 11.3. The van der Waals surface area contributed by atoms with Crippen LogP contribution in [0.5, 0.6) is 0 Å². The third-order valence-electron chi connectivity index (χ3n) is 3.16. The first-order valence-electron chi connectivity index (χ1n) is 5.30. The van der Waals surface area contributed by atoms with Crippen LogP contribution in [0, 0.1) is 0 Å². The van der Waals surface area contributed by atoms with E-state index in [9.17, 15) is 4.79 Å². The SMILES string of the molecule is CC1(c2nc(Cl)cc(C(=O)O)n2)CCCC1. The molecule has 1 heterocycles. The van der Waals surface area contributed by atoms with Crippen LogP contribution in [-0.2, 0) is 5.41 Å². The molecule has 0 amide bonds. The fourth-order valence-electron chi connectivity index (χ4n) is 2.18. The molecule has 0 aliphatic heterocycles. The highest BCUT2D eigenvalue weighted by Crippen LogP contribution is 2.39. The van der Waals surface area contributed by atoms with Gasteiger partial charge in [0.05, 0.1) is 0 Å². The number of carboxylic acids is 1. The monoisotopic (exact) mass is 240 g/mol. The van der Waals surface area contributed by atoms with Crippen molar-refractivity contribution in [2.45, 2.75) is 38.0 Å². The number of rotatable bonds is 2. The summed E-state index contributed by atoms with van der Waals surface area (Å²) in [7, 11) is 0. The van der Waals surface area contributed by atoms with Gasteiger partial charge in [-0.15, -0.1) is 0 Å². The van der Waals surface area contributed by atoms with Gasteiger partial charge in [0.25, 0.3) is 0 Å². The summed E-state index contributed by atoms with van der Waals surface area (Å²) in [4.78, 5) is 19.1. The van der Waals surface area contributed by atoms with Crippen LogP contribution >= 0.6 is 11.6 Å². The van der Waals surface area contributed by atoms with E-state index in [0.717, 1.165) is 25.7 Å². The average molecular weight is 241 g/mol. The van der Waals surface area contributed by atoms with E-state index in [1.807, 2.05) is 0 Å². The molecule has 1 fully saturated rings. The van der Waals surface area contributed by atoms with Crippen molar-refractivity contribution < 1.29 is 9.90 Å². The van der Waals surface area contributed by atoms with Gasteiger partial charge in [0.2, 0.25) is 0 Å². The highest BCUT2D eigenvalue weighted by molar-refractivity contribution is 6.29. The maximum atomic E-state index is 10.9. The minimum absolute atomic E-state index is 0.0249. The number of hydrogen-bond acceptors (Lipinski definition) is 3. The number of hydrogen-bond donors (Lipinski definition) is 1. The topological polar surface area (TPSA) is 63.1 Å². The molecular weight excluding hydrogens is 228 g/mol. The second-order valence-electron chi connectivity index (χ2n) is 4.47. The summed E-state index contributed by atoms with van der Waals surface area (Å²) in [6, 6.07) is 1.28. The van der Waals surface area contributed by atoms with E-state index in [0.29, 0.717) is 5.82 Å². The van der Waals surface area contributed by atoms with E-state index < -0.39 is 5.97 Å². The zero-order valence-corrected chi connectivity index (χ0v) is 9.79. The van der Waals surface area contributed by atoms with E-state index in [4.69, 9.17) is 16.7 Å². The van der Waals surface area contributed by atoms with Gasteiger partial charge in [-0.1, -0.05) is 31.4 Å². The number of halogens is 1. The number of carbonyl (C=O) groups is 1. The van der Waals surface area contributed by atoms with E-state index >= 15 is 0 Å². The van der Waals surface area contributed by atoms with Gasteiger partial charge < -0.3 is 5.11 Å². The summed E-state index contributed by atoms with van der Waals surface area (Å²) in [6.07, 6.45) is 4.25. The van der Waals surface area contributed by atoms with Crippen LogP contribution in [0.25, 0.3) is 0 Å². The van der Waals surface area contributed by atoms with E-state index in [2.05, 4.69) is 16.9 Å². The van der Waals surface area contributed by atoms with Crippen molar-refractivity contribution >= 4 is 17.6 Å². The molecular formula is C11H13ClN2O2. The van der Waals surface area contributed by atoms with Gasteiger partial charge in [-0.05, 0) is 12.8 Å². The molecule has 0 unspecified atom stereocenters. The Morgan fingerprint density at radius 3 is 2.62 bits per heavy atom. The van der Waals surface area contributed by atoms with Gasteiger partial charge >= 0.3 is 5.97 Å². The molecule has 5 heteroatoms. The quantitative estimate of drug-likeness (QED) is 0.808. The second kappa shape index (κ2) is 4.01. The predicted octanol–water partition coefficient (Wildman–Crippen LogP) is 2.66. The van der Waals surface area contributed by atoms with Crippen LogP contribution in [0.4, 0.5) is 0 Å². The minimum atomic E-state index is -1.06. The molecule has 1 aliphatic carbocycles. The van der Waals surface area contributed by atoms with Gasteiger partial charge in [0.1, 0.15) is 11.0 Å². The molecule has 0 atom stereocenters. The number of carboxylic acid groups (broad SMARTS) is 1. The molecule has 0 radical (unpaired) electrons. The summed E-state index contributed by atoms with van der Waals surface area (Å²) in [5.74, 6) is -0.498. The van der Waals surface area contributed by atoms with E-state index in [1.54, 1.807) is 0 Å².